The molecule has 0 fully saturated rings. The van der Waals surface area contributed by atoms with Gasteiger partial charge in [-0.3, -0.25) is 4.99 Å². The lowest BCUT2D eigenvalue weighted by molar-refractivity contribution is 0.321. The molecule has 0 aliphatic carbocycles. The fourth-order valence-electron chi connectivity index (χ4n) is 2.04. The van der Waals surface area contributed by atoms with Gasteiger partial charge in [0, 0.05) is 7.05 Å². The van der Waals surface area contributed by atoms with Gasteiger partial charge in [0.05, 0.1) is 18.8 Å². The molecule has 0 spiro atoms. The minimum absolute atomic E-state index is 0. The van der Waals surface area contributed by atoms with Crippen LogP contribution in [0.5, 0.6) is 5.75 Å². The molecular formula is C17H25IN4O2. The lowest BCUT2D eigenvalue weighted by atomic mass is 10.2. The van der Waals surface area contributed by atoms with Crippen LogP contribution in [0.2, 0.25) is 0 Å². The second-order valence-electron chi connectivity index (χ2n) is 5.27. The van der Waals surface area contributed by atoms with Gasteiger partial charge in [0.25, 0.3) is 0 Å². The zero-order valence-corrected chi connectivity index (χ0v) is 16.9. The molecule has 132 valence electrons. The Hall–Kier alpha value is -1.77. The number of aryl methyl sites for hydroxylation is 3. The number of guanidine groups is 1. The molecule has 1 aromatic heterocycles. The van der Waals surface area contributed by atoms with E-state index in [1.165, 1.54) is 5.56 Å². The van der Waals surface area contributed by atoms with Gasteiger partial charge in [-0.05, 0) is 38.5 Å². The summed E-state index contributed by atoms with van der Waals surface area (Å²) in [4.78, 5) is 8.48. The van der Waals surface area contributed by atoms with Gasteiger partial charge in [0.2, 0.25) is 5.89 Å². The molecule has 6 nitrogen and oxygen atoms in total. The molecule has 2 N–H and O–H groups in total. The third-order valence-corrected chi connectivity index (χ3v) is 3.36. The molecule has 0 radical (unpaired) electrons. The summed E-state index contributed by atoms with van der Waals surface area (Å²) in [6.45, 7) is 7.58. The minimum atomic E-state index is 0. The van der Waals surface area contributed by atoms with Gasteiger partial charge in [0.15, 0.2) is 5.96 Å². The van der Waals surface area contributed by atoms with Gasteiger partial charge in [-0.25, -0.2) is 4.98 Å². The fraction of sp³-hybridized carbons (Fsp3) is 0.412. The largest absolute Gasteiger partial charge is 0.492 e. The van der Waals surface area contributed by atoms with E-state index in [0.29, 0.717) is 31.5 Å². The van der Waals surface area contributed by atoms with Crippen LogP contribution >= 0.6 is 24.0 Å². The summed E-state index contributed by atoms with van der Waals surface area (Å²) in [5.41, 5.74) is 2.10. The van der Waals surface area contributed by atoms with Crippen LogP contribution in [0.4, 0.5) is 0 Å². The van der Waals surface area contributed by atoms with Gasteiger partial charge in [0.1, 0.15) is 18.1 Å². The quantitative estimate of drug-likeness (QED) is 0.310. The van der Waals surface area contributed by atoms with Crippen LogP contribution in [0.25, 0.3) is 0 Å². The summed E-state index contributed by atoms with van der Waals surface area (Å²) in [7, 11) is 1.73. The second kappa shape index (κ2) is 10.2. The van der Waals surface area contributed by atoms with E-state index < -0.39 is 0 Å². The highest BCUT2D eigenvalue weighted by molar-refractivity contribution is 14.0. The van der Waals surface area contributed by atoms with E-state index in [2.05, 4.69) is 20.6 Å². The monoisotopic (exact) mass is 444 g/mol. The average Bonchev–Trinajstić information content (AvgIpc) is 2.85. The maximum absolute atomic E-state index is 5.69. The molecule has 0 atom stereocenters. The maximum Gasteiger partial charge on any atom is 0.214 e. The Kier molecular flexibility index (Phi) is 8.59. The summed E-state index contributed by atoms with van der Waals surface area (Å²) < 4.78 is 11.2. The van der Waals surface area contributed by atoms with Crippen molar-refractivity contribution in [2.45, 2.75) is 27.3 Å². The van der Waals surface area contributed by atoms with Crippen LogP contribution in [-0.4, -0.2) is 31.1 Å². The van der Waals surface area contributed by atoms with E-state index in [1.807, 2.05) is 45.0 Å². The standard InChI is InChI=1S/C17H24N4O2.HI/c1-12-6-5-7-15(10-12)22-9-8-19-17(18-4)20-11-16-21-13(2)14(3)23-16;/h5-7,10H,8-9,11H2,1-4H3,(H2,18,19,20);1H. The number of hydrogen-bond acceptors (Lipinski definition) is 4. The highest BCUT2D eigenvalue weighted by Gasteiger charge is 2.06. The molecule has 7 heteroatoms. The summed E-state index contributed by atoms with van der Waals surface area (Å²) in [5.74, 6) is 3.06. The molecule has 1 heterocycles. The Morgan fingerprint density at radius 1 is 1.25 bits per heavy atom. The Labute approximate surface area is 160 Å². The van der Waals surface area contributed by atoms with Gasteiger partial charge in [-0.15, -0.1) is 24.0 Å². The van der Waals surface area contributed by atoms with Crippen molar-refractivity contribution in [1.82, 2.24) is 15.6 Å². The molecule has 2 aromatic rings. The van der Waals surface area contributed by atoms with E-state index in [-0.39, 0.29) is 24.0 Å². The van der Waals surface area contributed by atoms with Crippen molar-refractivity contribution in [2.75, 3.05) is 20.2 Å². The Bertz CT molecular complexity index is 651. The van der Waals surface area contributed by atoms with Crippen molar-refractivity contribution in [2.24, 2.45) is 4.99 Å². The zero-order valence-electron chi connectivity index (χ0n) is 14.5. The third-order valence-electron chi connectivity index (χ3n) is 3.36. The highest BCUT2D eigenvalue weighted by atomic mass is 127. The molecule has 0 saturated heterocycles. The van der Waals surface area contributed by atoms with Crippen molar-refractivity contribution in [3.05, 3.63) is 47.2 Å². The molecule has 0 saturated carbocycles. The summed E-state index contributed by atoms with van der Waals surface area (Å²) in [5, 5.41) is 6.35. The number of aromatic nitrogens is 1. The number of nitrogens with zero attached hydrogens (tertiary/aromatic N) is 2. The smallest absolute Gasteiger partial charge is 0.214 e. The number of benzene rings is 1. The zero-order chi connectivity index (χ0) is 16.7. The summed E-state index contributed by atoms with van der Waals surface area (Å²) in [6.07, 6.45) is 0. The van der Waals surface area contributed by atoms with E-state index in [4.69, 9.17) is 9.15 Å². The van der Waals surface area contributed by atoms with Crippen molar-refractivity contribution < 1.29 is 9.15 Å². The minimum Gasteiger partial charge on any atom is -0.492 e. The average molecular weight is 444 g/mol. The molecular weight excluding hydrogens is 419 g/mol. The Morgan fingerprint density at radius 3 is 2.67 bits per heavy atom. The first-order valence-corrected chi connectivity index (χ1v) is 7.65. The number of ether oxygens (including phenoxy) is 1. The predicted molar refractivity (Wildman–Crippen MR) is 106 cm³/mol. The van der Waals surface area contributed by atoms with Crippen molar-refractivity contribution in [3.8, 4) is 5.75 Å². The van der Waals surface area contributed by atoms with Gasteiger partial charge in [-0.2, -0.15) is 0 Å². The highest BCUT2D eigenvalue weighted by Crippen LogP contribution is 2.11. The van der Waals surface area contributed by atoms with Crippen LogP contribution in [0.1, 0.15) is 22.9 Å². The lowest BCUT2D eigenvalue weighted by Crippen LogP contribution is -2.38. The summed E-state index contributed by atoms with van der Waals surface area (Å²) >= 11 is 0. The number of nitrogens with one attached hydrogen (secondary N) is 2. The molecule has 0 unspecified atom stereocenters. The van der Waals surface area contributed by atoms with Crippen molar-refractivity contribution >= 4 is 29.9 Å². The van der Waals surface area contributed by atoms with Crippen LogP contribution in [0.3, 0.4) is 0 Å². The lowest BCUT2D eigenvalue weighted by Gasteiger charge is -2.11. The van der Waals surface area contributed by atoms with E-state index in [9.17, 15) is 0 Å². The van der Waals surface area contributed by atoms with Gasteiger partial charge < -0.3 is 19.8 Å². The maximum atomic E-state index is 5.69. The molecule has 0 amide bonds. The van der Waals surface area contributed by atoms with E-state index in [1.54, 1.807) is 7.05 Å². The number of halogens is 1. The third kappa shape index (κ3) is 6.38. The van der Waals surface area contributed by atoms with Gasteiger partial charge >= 0.3 is 0 Å². The number of rotatable bonds is 6. The van der Waals surface area contributed by atoms with Crippen LogP contribution < -0.4 is 15.4 Å². The first-order chi connectivity index (χ1) is 11.1. The number of hydrogen-bond donors (Lipinski definition) is 2. The predicted octanol–water partition coefficient (Wildman–Crippen LogP) is 2.96. The molecule has 0 aliphatic heterocycles. The molecule has 0 aliphatic rings. The first-order valence-electron chi connectivity index (χ1n) is 7.65. The van der Waals surface area contributed by atoms with Crippen LogP contribution in [0, 0.1) is 20.8 Å². The topological polar surface area (TPSA) is 71.7 Å². The first kappa shape index (κ1) is 20.3. The van der Waals surface area contributed by atoms with Crippen molar-refractivity contribution in [1.29, 1.82) is 0 Å². The molecule has 24 heavy (non-hydrogen) atoms. The van der Waals surface area contributed by atoms with Crippen LogP contribution in [-0.2, 0) is 6.54 Å². The Balaban J connectivity index is 0.00000288. The van der Waals surface area contributed by atoms with Gasteiger partial charge in [-0.1, -0.05) is 12.1 Å². The molecule has 2 rings (SSSR count). The van der Waals surface area contributed by atoms with Crippen LogP contribution in [0.15, 0.2) is 33.7 Å². The van der Waals surface area contributed by atoms with E-state index in [0.717, 1.165) is 17.2 Å². The summed E-state index contributed by atoms with van der Waals surface area (Å²) in [6, 6.07) is 8.00. The number of aliphatic imine (C=N–C) groups is 1. The van der Waals surface area contributed by atoms with Crippen molar-refractivity contribution in [3.63, 3.8) is 0 Å². The second-order valence-corrected chi connectivity index (χ2v) is 5.27. The van der Waals surface area contributed by atoms with E-state index >= 15 is 0 Å². The normalized spacial score (nSPS) is 10.9. The number of oxazole rings is 1. The SMILES string of the molecule is CN=C(NCCOc1cccc(C)c1)NCc1nc(C)c(C)o1.I. The Morgan fingerprint density at radius 2 is 2.04 bits per heavy atom. The molecule has 0 bridgehead atoms. The fourth-order valence-corrected chi connectivity index (χ4v) is 2.04. The molecule has 1 aromatic carbocycles.